The summed E-state index contributed by atoms with van der Waals surface area (Å²) in [4.78, 5) is 16.7. The van der Waals surface area contributed by atoms with Crippen molar-refractivity contribution >= 4 is 5.97 Å². The molecule has 0 N–H and O–H groups in total. The summed E-state index contributed by atoms with van der Waals surface area (Å²) < 4.78 is 17.0. The lowest BCUT2D eigenvalue weighted by atomic mass is 9.84. The average Bonchev–Trinajstić information content (AvgIpc) is 2.71. The monoisotopic (exact) mass is 423 g/mol. The molecule has 2 atom stereocenters. The van der Waals surface area contributed by atoms with Crippen molar-refractivity contribution in [3.8, 4) is 0 Å². The van der Waals surface area contributed by atoms with E-state index in [0.29, 0.717) is 6.42 Å². The van der Waals surface area contributed by atoms with Crippen molar-refractivity contribution in [3.05, 3.63) is 63.5 Å². The number of aromatic nitrogens is 1. The van der Waals surface area contributed by atoms with Gasteiger partial charge in [-0.1, -0.05) is 24.3 Å². The molecule has 5 heteroatoms. The topological polar surface area (TPSA) is 57.7 Å². The van der Waals surface area contributed by atoms with Crippen LogP contribution in [0.2, 0.25) is 0 Å². The molecular formula is C26H33NO4. The molecular weight excluding hydrogens is 390 g/mol. The van der Waals surface area contributed by atoms with Crippen LogP contribution in [0.4, 0.5) is 0 Å². The second-order valence-electron chi connectivity index (χ2n) is 9.28. The maximum Gasteiger partial charge on any atom is 0.308 e. The van der Waals surface area contributed by atoms with Crippen LogP contribution >= 0.6 is 0 Å². The molecule has 2 unspecified atom stereocenters. The van der Waals surface area contributed by atoms with Gasteiger partial charge < -0.3 is 14.2 Å². The van der Waals surface area contributed by atoms with Crippen molar-refractivity contribution in [2.45, 2.75) is 84.2 Å². The number of methoxy groups -OCH3 is 1. The minimum atomic E-state index is -0.705. The Balaban J connectivity index is 1.49. The fraction of sp³-hybridized carbons (Fsp3) is 0.538. The van der Waals surface area contributed by atoms with Crippen LogP contribution in [0.5, 0.6) is 0 Å². The van der Waals surface area contributed by atoms with Gasteiger partial charge in [-0.25, -0.2) is 0 Å². The zero-order chi connectivity index (χ0) is 22.2. The van der Waals surface area contributed by atoms with Crippen LogP contribution < -0.4 is 0 Å². The van der Waals surface area contributed by atoms with Gasteiger partial charge in [0.25, 0.3) is 0 Å². The number of rotatable bonds is 5. The predicted octanol–water partition coefficient (Wildman–Crippen LogP) is 4.60. The lowest BCUT2D eigenvalue weighted by molar-refractivity contribution is -0.300. The molecule has 166 valence electrons. The third kappa shape index (κ3) is 4.83. The maximum atomic E-state index is 11.7. The third-order valence-electron chi connectivity index (χ3n) is 6.60. The fourth-order valence-electron chi connectivity index (χ4n) is 5.13. The number of esters is 1. The highest BCUT2D eigenvalue weighted by atomic mass is 16.7. The number of aryl methyl sites for hydroxylation is 1. The first-order chi connectivity index (χ1) is 14.8. The summed E-state index contributed by atoms with van der Waals surface area (Å²) in [5.74, 6) is -0.948. The Labute approximate surface area is 185 Å². The van der Waals surface area contributed by atoms with Gasteiger partial charge >= 0.3 is 5.97 Å². The predicted molar refractivity (Wildman–Crippen MR) is 119 cm³/mol. The van der Waals surface area contributed by atoms with E-state index in [-0.39, 0.29) is 24.6 Å². The van der Waals surface area contributed by atoms with Gasteiger partial charge in [0, 0.05) is 24.2 Å². The molecule has 4 rings (SSSR count). The number of hydrogen-bond acceptors (Lipinski definition) is 5. The highest BCUT2D eigenvalue weighted by Gasteiger charge is 2.36. The molecule has 0 spiro atoms. The summed E-state index contributed by atoms with van der Waals surface area (Å²) in [7, 11) is 1.41. The SMILES string of the molecule is COC(=O)CC1CC(CCc2c(C)nc3c(c2C)Cc2ccccc2C3)OC(C)(C)O1. The molecule has 2 heterocycles. The first-order valence-electron chi connectivity index (χ1n) is 11.2. The van der Waals surface area contributed by atoms with Gasteiger partial charge in [0.2, 0.25) is 0 Å². The molecule has 31 heavy (non-hydrogen) atoms. The van der Waals surface area contributed by atoms with Crippen LogP contribution in [0.15, 0.2) is 24.3 Å². The molecule has 1 fully saturated rings. The number of pyridine rings is 1. The van der Waals surface area contributed by atoms with E-state index in [2.05, 4.69) is 38.1 Å². The van der Waals surface area contributed by atoms with Crippen LogP contribution in [0.1, 0.15) is 72.3 Å². The molecule has 0 radical (unpaired) electrons. The van der Waals surface area contributed by atoms with Crippen LogP contribution in [0.3, 0.4) is 0 Å². The smallest absolute Gasteiger partial charge is 0.308 e. The zero-order valence-corrected chi connectivity index (χ0v) is 19.3. The summed E-state index contributed by atoms with van der Waals surface area (Å²) in [6, 6.07) is 8.68. The summed E-state index contributed by atoms with van der Waals surface area (Å²) in [5.41, 5.74) is 9.23. The van der Waals surface area contributed by atoms with E-state index in [1.54, 1.807) is 0 Å². The second-order valence-corrected chi connectivity index (χ2v) is 9.28. The summed E-state index contributed by atoms with van der Waals surface area (Å²) >= 11 is 0. The number of carbonyl (C=O) groups excluding carboxylic acids is 1. The number of fused-ring (bicyclic) bond motifs is 2. The molecule has 1 aromatic heterocycles. The molecule has 1 aliphatic heterocycles. The Hall–Kier alpha value is -2.24. The quantitative estimate of drug-likeness (QED) is 0.562. The van der Waals surface area contributed by atoms with Crippen molar-refractivity contribution in [1.82, 2.24) is 4.98 Å². The van der Waals surface area contributed by atoms with E-state index >= 15 is 0 Å². The van der Waals surface area contributed by atoms with Crippen molar-refractivity contribution in [2.24, 2.45) is 0 Å². The first-order valence-corrected chi connectivity index (χ1v) is 11.2. The molecule has 0 bridgehead atoms. The van der Waals surface area contributed by atoms with Crippen LogP contribution in [-0.4, -0.2) is 36.1 Å². The first kappa shape index (κ1) is 22.0. The van der Waals surface area contributed by atoms with E-state index in [4.69, 9.17) is 19.2 Å². The van der Waals surface area contributed by atoms with Gasteiger partial charge in [-0.15, -0.1) is 0 Å². The van der Waals surface area contributed by atoms with Gasteiger partial charge in [0.1, 0.15) is 0 Å². The lowest BCUT2D eigenvalue weighted by Crippen LogP contribution is -2.45. The largest absolute Gasteiger partial charge is 0.469 e. The molecule has 0 amide bonds. The van der Waals surface area contributed by atoms with Crippen LogP contribution in [0.25, 0.3) is 0 Å². The number of ether oxygens (including phenoxy) is 3. The summed E-state index contributed by atoms with van der Waals surface area (Å²) in [5, 5.41) is 0. The normalized spacial score (nSPS) is 21.8. The van der Waals surface area contributed by atoms with E-state index < -0.39 is 5.79 Å². The van der Waals surface area contributed by atoms with Crippen LogP contribution in [0, 0.1) is 13.8 Å². The Morgan fingerprint density at radius 2 is 1.81 bits per heavy atom. The number of carbonyl (C=O) groups is 1. The molecule has 0 saturated carbocycles. The summed E-state index contributed by atoms with van der Waals surface area (Å²) in [6.45, 7) is 8.19. The zero-order valence-electron chi connectivity index (χ0n) is 19.3. The van der Waals surface area contributed by atoms with E-state index in [9.17, 15) is 4.79 Å². The van der Waals surface area contributed by atoms with E-state index in [0.717, 1.165) is 31.4 Å². The Bertz CT molecular complexity index is 982. The van der Waals surface area contributed by atoms with E-state index in [1.807, 2.05) is 13.8 Å². The highest BCUT2D eigenvalue weighted by Crippen LogP contribution is 2.33. The molecule has 1 aliphatic carbocycles. The van der Waals surface area contributed by atoms with Crippen molar-refractivity contribution in [2.75, 3.05) is 7.11 Å². The highest BCUT2D eigenvalue weighted by molar-refractivity contribution is 5.69. The van der Waals surface area contributed by atoms with Crippen molar-refractivity contribution in [3.63, 3.8) is 0 Å². The van der Waals surface area contributed by atoms with E-state index in [1.165, 1.54) is 40.6 Å². The van der Waals surface area contributed by atoms with Crippen molar-refractivity contribution < 1.29 is 19.0 Å². The Kier molecular flexibility index (Phi) is 6.18. The fourth-order valence-corrected chi connectivity index (χ4v) is 5.13. The van der Waals surface area contributed by atoms with Gasteiger partial charge in [0.15, 0.2) is 5.79 Å². The Morgan fingerprint density at radius 3 is 2.52 bits per heavy atom. The van der Waals surface area contributed by atoms with Gasteiger partial charge in [-0.05, 0) is 74.8 Å². The minimum Gasteiger partial charge on any atom is -0.469 e. The average molecular weight is 424 g/mol. The van der Waals surface area contributed by atoms with Crippen molar-refractivity contribution in [1.29, 1.82) is 0 Å². The maximum absolute atomic E-state index is 11.7. The number of benzene rings is 1. The van der Waals surface area contributed by atoms with Gasteiger partial charge in [-0.2, -0.15) is 0 Å². The standard InChI is InChI=1S/C26H33NO4/c1-16-22(11-10-20-14-21(15-25(28)29-5)31-26(3,4)30-20)17(2)27-24-13-19-9-7-6-8-18(19)12-23(16)24/h6-9,20-21H,10-15H2,1-5H3. The third-order valence-corrected chi connectivity index (χ3v) is 6.60. The number of nitrogens with zero attached hydrogens (tertiary/aromatic N) is 1. The van der Waals surface area contributed by atoms with Crippen LogP contribution in [-0.2, 0) is 38.3 Å². The van der Waals surface area contributed by atoms with Gasteiger partial charge in [0.05, 0.1) is 25.7 Å². The molecule has 5 nitrogen and oxygen atoms in total. The molecule has 1 aromatic carbocycles. The molecule has 1 saturated heterocycles. The summed E-state index contributed by atoms with van der Waals surface area (Å²) in [6.07, 6.45) is 4.48. The lowest BCUT2D eigenvalue weighted by Gasteiger charge is -2.40. The second kappa shape index (κ2) is 8.71. The molecule has 2 aromatic rings. The minimum absolute atomic E-state index is 0.0361. The van der Waals surface area contributed by atoms with Gasteiger partial charge in [-0.3, -0.25) is 9.78 Å². The molecule has 2 aliphatic rings. The Morgan fingerprint density at radius 1 is 1.13 bits per heavy atom. The number of hydrogen-bond donors (Lipinski definition) is 0.